The van der Waals surface area contributed by atoms with E-state index in [1.165, 1.54) is 0 Å². The van der Waals surface area contributed by atoms with Gasteiger partial charge < -0.3 is 10.1 Å². The van der Waals surface area contributed by atoms with Crippen molar-refractivity contribution in [1.82, 2.24) is 15.1 Å². The second-order valence-electron chi connectivity index (χ2n) is 9.06. The number of nitrogens with zero attached hydrogens (tertiary/aromatic N) is 3. The zero-order valence-corrected chi connectivity index (χ0v) is 22.6. The van der Waals surface area contributed by atoms with Crippen molar-refractivity contribution < 1.29 is 9.53 Å². The van der Waals surface area contributed by atoms with Crippen LogP contribution >= 0.6 is 11.8 Å². The number of ether oxygens (including phenoxy) is 1. The third-order valence-corrected chi connectivity index (χ3v) is 7.15. The molecule has 6 nitrogen and oxygen atoms in total. The van der Waals surface area contributed by atoms with Gasteiger partial charge in [0.05, 0.1) is 34.3 Å². The predicted octanol–water partition coefficient (Wildman–Crippen LogP) is 8.13. The standard InChI is InChI=1S/C33H26N4O2S/c1-2-39-28-19-15-26(16-20-28)34-32-31(40-33(38)35-32)21-23-13-17-27(18-14-23)37-30(25-11-7-4-8-12-25)22-29(36-37)24-9-5-3-6-10-24/h3-22H,2H2,1H3,(H,34,35,38). The first-order valence-corrected chi connectivity index (χ1v) is 13.8. The molecule has 0 bridgehead atoms. The summed E-state index contributed by atoms with van der Waals surface area (Å²) in [7, 11) is 0. The highest BCUT2D eigenvalue weighted by atomic mass is 32.2. The number of amides is 1. The van der Waals surface area contributed by atoms with Gasteiger partial charge in [0.1, 0.15) is 11.6 Å². The Hall–Kier alpha value is -4.88. The molecule has 0 atom stereocenters. The van der Waals surface area contributed by atoms with Crippen molar-refractivity contribution >= 4 is 34.6 Å². The fourth-order valence-corrected chi connectivity index (χ4v) is 5.17. The van der Waals surface area contributed by atoms with Crippen LogP contribution in [0.25, 0.3) is 34.3 Å². The van der Waals surface area contributed by atoms with Gasteiger partial charge in [-0.2, -0.15) is 5.10 Å². The summed E-state index contributed by atoms with van der Waals surface area (Å²) in [5.74, 6) is 1.32. The summed E-state index contributed by atoms with van der Waals surface area (Å²) in [6.07, 6.45) is 1.97. The first-order valence-electron chi connectivity index (χ1n) is 13.0. The van der Waals surface area contributed by atoms with Gasteiger partial charge in [0.15, 0.2) is 0 Å². The predicted molar refractivity (Wildman–Crippen MR) is 163 cm³/mol. The topological polar surface area (TPSA) is 68.5 Å². The van der Waals surface area contributed by atoms with Crippen LogP contribution in [-0.4, -0.2) is 27.5 Å². The van der Waals surface area contributed by atoms with Crippen LogP contribution in [0.2, 0.25) is 0 Å². The monoisotopic (exact) mass is 542 g/mol. The highest BCUT2D eigenvalue weighted by Crippen LogP contribution is 2.31. The molecular formula is C33H26N4O2S. The van der Waals surface area contributed by atoms with Crippen molar-refractivity contribution in [2.75, 3.05) is 6.61 Å². The lowest BCUT2D eigenvalue weighted by atomic mass is 10.1. The van der Waals surface area contributed by atoms with Crippen LogP contribution in [0.5, 0.6) is 5.75 Å². The van der Waals surface area contributed by atoms with Gasteiger partial charge in [0.25, 0.3) is 5.24 Å². The van der Waals surface area contributed by atoms with Gasteiger partial charge in [-0.05, 0) is 72.8 Å². The summed E-state index contributed by atoms with van der Waals surface area (Å²) in [5.41, 5.74) is 6.71. The second-order valence-corrected chi connectivity index (χ2v) is 10.1. The first kappa shape index (κ1) is 25.4. The van der Waals surface area contributed by atoms with Crippen LogP contribution in [0.3, 0.4) is 0 Å². The van der Waals surface area contributed by atoms with Gasteiger partial charge in [0, 0.05) is 11.1 Å². The van der Waals surface area contributed by atoms with Crippen LogP contribution in [0.4, 0.5) is 10.5 Å². The van der Waals surface area contributed by atoms with E-state index in [1.807, 2.05) is 103 Å². The number of aliphatic imine (C=N–C) groups is 1. The van der Waals surface area contributed by atoms with E-state index in [0.29, 0.717) is 12.4 Å². The maximum Gasteiger partial charge on any atom is 0.289 e. The molecule has 0 saturated carbocycles. The van der Waals surface area contributed by atoms with Crippen molar-refractivity contribution in [2.45, 2.75) is 6.92 Å². The Morgan fingerprint density at radius 2 is 1.55 bits per heavy atom. The third-order valence-electron chi connectivity index (χ3n) is 6.33. The largest absolute Gasteiger partial charge is 0.494 e. The highest BCUT2D eigenvalue weighted by molar-refractivity contribution is 8.18. The summed E-state index contributed by atoms with van der Waals surface area (Å²) in [6.45, 7) is 2.55. The van der Waals surface area contributed by atoms with E-state index in [0.717, 1.165) is 61.9 Å². The number of rotatable bonds is 7. The van der Waals surface area contributed by atoms with Crippen LogP contribution in [0.1, 0.15) is 12.5 Å². The SMILES string of the molecule is CCOc1ccc(N=C2NC(=O)SC2=Cc2ccc(-n3nc(-c4ccccc4)cc3-c3ccccc3)cc2)cc1. The number of aromatic nitrogens is 2. The second kappa shape index (κ2) is 11.5. The molecule has 1 aromatic heterocycles. The minimum absolute atomic E-state index is 0.148. The molecule has 1 amide bonds. The zero-order valence-electron chi connectivity index (χ0n) is 21.8. The third kappa shape index (κ3) is 5.60. The van der Waals surface area contributed by atoms with Crippen LogP contribution in [-0.2, 0) is 0 Å². The Labute approximate surface area is 237 Å². The number of benzene rings is 4. The number of carbonyl (C=O) groups is 1. The zero-order chi connectivity index (χ0) is 27.3. The molecule has 1 N–H and O–H groups in total. The lowest BCUT2D eigenvalue weighted by Crippen LogP contribution is -2.18. The molecule has 0 aliphatic carbocycles. The maximum absolute atomic E-state index is 12.2. The molecule has 1 aliphatic heterocycles. The van der Waals surface area contributed by atoms with Crippen molar-refractivity contribution in [3.8, 4) is 34.0 Å². The lowest BCUT2D eigenvalue weighted by Gasteiger charge is -2.08. The van der Waals surface area contributed by atoms with Gasteiger partial charge >= 0.3 is 0 Å². The minimum Gasteiger partial charge on any atom is -0.494 e. The van der Waals surface area contributed by atoms with Gasteiger partial charge in [-0.1, -0.05) is 72.8 Å². The summed E-state index contributed by atoms with van der Waals surface area (Å²) in [5, 5.41) is 7.67. The average Bonchev–Trinajstić information content (AvgIpc) is 3.59. The van der Waals surface area contributed by atoms with Gasteiger partial charge in [0.2, 0.25) is 0 Å². The number of hydrogen-bond donors (Lipinski definition) is 1. The number of thioether (sulfide) groups is 1. The Balaban J connectivity index is 1.31. The van der Waals surface area contributed by atoms with Gasteiger partial charge in [-0.15, -0.1) is 0 Å². The van der Waals surface area contributed by atoms with Crippen molar-refractivity contribution in [3.05, 3.63) is 126 Å². The lowest BCUT2D eigenvalue weighted by molar-refractivity contribution is 0.265. The van der Waals surface area contributed by atoms with E-state index in [4.69, 9.17) is 9.84 Å². The van der Waals surface area contributed by atoms with E-state index >= 15 is 0 Å². The van der Waals surface area contributed by atoms with E-state index in [9.17, 15) is 4.79 Å². The minimum atomic E-state index is -0.148. The molecule has 0 unspecified atom stereocenters. The summed E-state index contributed by atoms with van der Waals surface area (Å²) >= 11 is 1.14. The van der Waals surface area contributed by atoms with Gasteiger partial charge in [-0.25, -0.2) is 9.67 Å². The normalized spacial score (nSPS) is 15.0. The van der Waals surface area contributed by atoms with Crippen LogP contribution in [0.15, 0.2) is 125 Å². The maximum atomic E-state index is 12.2. The molecule has 2 heterocycles. The molecule has 40 heavy (non-hydrogen) atoms. The molecule has 0 radical (unpaired) electrons. The number of hydrogen-bond acceptors (Lipinski definition) is 5. The molecule has 1 saturated heterocycles. The van der Waals surface area contributed by atoms with Gasteiger partial charge in [-0.3, -0.25) is 4.79 Å². The summed E-state index contributed by atoms with van der Waals surface area (Å²) < 4.78 is 7.48. The average molecular weight is 543 g/mol. The Morgan fingerprint density at radius 1 is 0.875 bits per heavy atom. The molecule has 4 aromatic carbocycles. The van der Waals surface area contributed by atoms with Crippen molar-refractivity contribution in [2.24, 2.45) is 4.99 Å². The molecule has 1 fully saturated rings. The Morgan fingerprint density at radius 3 is 2.23 bits per heavy atom. The van der Waals surface area contributed by atoms with Crippen LogP contribution in [0, 0.1) is 0 Å². The van der Waals surface area contributed by atoms with Crippen LogP contribution < -0.4 is 10.1 Å². The number of carbonyl (C=O) groups excluding carboxylic acids is 1. The highest BCUT2D eigenvalue weighted by Gasteiger charge is 2.23. The number of nitrogens with one attached hydrogen (secondary N) is 1. The Kier molecular flexibility index (Phi) is 7.28. The smallest absolute Gasteiger partial charge is 0.289 e. The molecular weight excluding hydrogens is 516 g/mol. The van der Waals surface area contributed by atoms with E-state index < -0.39 is 0 Å². The molecule has 1 aliphatic rings. The van der Waals surface area contributed by atoms with E-state index in [1.54, 1.807) is 0 Å². The van der Waals surface area contributed by atoms with Crippen molar-refractivity contribution in [1.29, 1.82) is 0 Å². The Bertz CT molecular complexity index is 1690. The fourth-order valence-electron chi connectivity index (χ4n) is 4.43. The molecule has 0 spiro atoms. The van der Waals surface area contributed by atoms with Crippen molar-refractivity contribution in [3.63, 3.8) is 0 Å². The molecule has 6 rings (SSSR count). The quantitative estimate of drug-likeness (QED) is 0.225. The fraction of sp³-hybridized carbons (Fsp3) is 0.0606. The molecule has 5 aromatic rings. The first-order chi connectivity index (χ1) is 19.7. The molecule has 7 heteroatoms. The summed E-state index contributed by atoms with van der Waals surface area (Å²) in [4.78, 5) is 17.6. The van der Waals surface area contributed by atoms with E-state index in [-0.39, 0.29) is 5.24 Å². The summed E-state index contributed by atoms with van der Waals surface area (Å²) in [6, 6.07) is 38.2. The van der Waals surface area contributed by atoms with E-state index in [2.05, 4.69) is 40.6 Å². The molecule has 196 valence electrons. The number of amidine groups is 1.